The van der Waals surface area contributed by atoms with Crippen molar-refractivity contribution in [2.45, 2.75) is 26.7 Å². The third kappa shape index (κ3) is 5.40. The molecule has 0 saturated carbocycles. The summed E-state index contributed by atoms with van der Waals surface area (Å²) in [5.74, 6) is -1.01. The summed E-state index contributed by atoms with van der Waals surface area (Å²) in [5.41, 5.74) is 4.86. The smallest absolute Gasteiger partial charge is 0.312 e. The highest BCUT2D eigenvalue weighted by Crippen LogP contribution is 2.16. The molecule has 1 atom stereocenters. The van der Waals surface area contributed by atoms with Gasteiger partial charge in [0.2, 0.25) is 0 Å². The summed E-state index contributed by atoms with van der Waals surface area (Å²) in [6.07, 6.45) is 1.20. The van der Waals surface area contributed by atoms with E-state index < -0.39 is 12.0 Å². The average Bonchev–Trinajstić information content (AvgIpc) is 2.01. The highest BCUT2D eigenvalue weighted by atomic mass is 16.4. The molecule has 2 amide bonds. The predicted molar refractivity (Wildman–Crippen MR) is 52.8 cm³/mol. The summed E-state index contributed by atoms with van der Waals surface area (Å²) >= 11 is 0. The maximum Gasteiger partial charge on any atom is 0.312 e. The molecule has 0 saturated heterocycles. The molecule has 0 heterocycles. The molecule has 4 N–H and O–H groups in total. The van der Waals surface area contributed by atoms with Gasteiger partial charge < -0.3 is 16.2 Å². The van der Waals surface area contributed by atoms with E-state index in [-0.39, 0.29) is 11.8 Å². The first kappa shape index (κ1) is 12.7. The maximum atomic E-state index is 10.8. The van der Waals surface area contributed by atoms with Crippen molar-refractivity contribution in [3.05, 3.63) is 0 Å². The molecular formula is C9H18N2O3. The second kappa shape index (κ2) is 6.23. The number of carboxylic acid groups (broad SMARTS) is 1. The van der Waals surface area contributed by atoms with Crippen molar-refractivity contribution in [3.63, 3.8) is 0 Å². The molecular weight excluding hydrogens is 184 g/mol. The number of nitrogens with two attached hydrogens (primary N) is 1. The normalized spacial score (nSPS) is 12.5. The number of hydrogen-bond donors (Lipinski definition) is 3. The molecule has 5 nitrogen and oxygen atoms in total. The first-order chi connectivity index (χ1) is 6.45. The Bertz CT molecular complexity index is 204. The van der Waals surface area contributed by atoms with Gasteiger partial charge in [-0.25, -0.2) is 4.79 Å². The largest absolute Gasteiger partial charge is 0.481 e. The molecule has 0 unspecified atom stereocenters. The summed E-state index contributed by atoms with van der Waals surface area (Å²) in [5, 5.41) is 11.3. The zero-order valence-corrected chi connectivity index (χ0v) is 8.62. The van der Waals surface area contributed by atoms with Crippen molar-refractivity contribution in [3.8, 4) is 0 Å². The number of rotatable bonds is 6. The maximum absolute atomic E-state index is 10.8. The quantitative estimate of drug-likeness (QED) is 0.556. The molecule has 0 aromatic rings. The van der Waals surface area contributed by atoms with Crippen LogP contribution in [0.3, 0.4) is 0 Å². The van der Waals surface area contributed by atoms with Gasteiger partial charge in [-0.05, 0) is 18.8 Å². The van der Waals surface area contributed by atoms with E-state index in [0.717, 1.165) is 0 Å². The predicted octanol–water partition coefficient (Wildman–Crippen LogP) is 0.792. The second-order valence-corrected chi connectivity index (χ2v) is 3.62. The van der Waals surface area contributed by atoms with Crippen LogP contribution < -0.4 is 11.1 Å². The Balaban J connectivity index is 3.73. The van der Waals surface area contributed by atoms with E-state index in [2.05, 4.69) is 5.32 Å². The number of urea groups is 1. The van der Waals surface area contributed by atoms with E-state index >= 15 is 0 Å². The lowest BCUT2D eigenvalue weighted by Crippen LogP contribution is -2.31. The Morgan fingerprint density at radius 1 is 1.43 bits per heavy atom. The van der Waals surface area contributed by atoms with Crippen molar-refractivity contribution >= 4 is 12.0 Å². The lowest BCUT2D eigenvalue weighted by Gasteiger charge is -2.15. The fraction of sp³-hybridized carbons (Fsp3) is 0.778. The van der Waals surface area contributed by atoms with Crippen molar-refractivity contribution in [2.24, 2.45) is 17.6 Å². The van der Waals surface area contributed by atoms with E-state index in [9.17, 15) is 9.59 Å². The van der Waals surface area contributed by atoms with Crippen molar-refractivity contribution < 1.29 is 14.7 Å². The minimum Gasteiger partial charge on any atom is -0.481 e. The summed E-state index contributed by atoms with van der Waals surface area (Å²) in [7, 11) is 0. The molecule has 0 bridgehead atoms. The first-order valence-corrected chi connectivity index (χ1v) is 4.71. The van der Waals surface area contributed by atoms with E-state index in [1.165, 1.54) is 0 Å². The first-order valence-electron chi connectivity index (χ1n) is 4.71. The van der Waals surface area contributed by atoms with Crippen molar-refractivity contribution in [2.75, 3.05) is 6.54 Å². The van der Waals surface area contributed by atoms with E-state index in [4.69, 9.17) is 10.8 Å². The highest BCUT2D eigenvalue weighted by molar-refractivity contribution is 5.71. The number of primary amides is 1. The fourth-order valence-corrected chi connectivity index (χ4v) is 1.28. The summed E-state index contributed by atoms with van der Waals surface area (Å²) < 4.78 is 0. The van der Waals surface area contributed by atoms with Crippen LogP contribution in [0.1, 0.15) is 26.7 Å². The number of carbonyl (C=O) groups excluding carboxylic acids is 1. The Morgan fingerprint density at radius 2 is 2.00 bits per heavy atom. The highest BCUT2D eigenvalue weighted by Gasteiger charge is 2.20. The lowest BCUT2D eigenvalue weighted by molar-refractivity contribution is -0.143. The average molecular weight is 202 g/mol. The van der Waals surface area contributed by atoms with Gasteiger partial charge in [0, 0.05) is 6.54 Å². The Labute approximate surface area is 83.7 Å². The van der Waals surface area contributed by atoms with E-state index in [1.54, 1.807) is 0 Å². The zero-order valence-electron chi connectivity index (χ0n) is 8.62. The van der Waals surface area contributed by atoms with Crippen LogP contribution in [-0.2, 0) is 4.79 Å². The standard InChI is InChI=1S/C9H18N2O3/c1-6(2)7(8(12)13)4-3-5-11-9(10)14/h6-7H,3-5H2,1-2H3,(H,12,13)(H3,10,11,14)/t7-/m0/s1. The number of carboxylic acids is 1. The summed E-state index contributed by atoms with van der Waals surface area (Å²) in [4.78, 5) is 21.1. The molecule has 0 spiro atoms. The van der Waals surface area contributed by atoms with Gasteiger partial charge >= 0.3 is 12.0 Å². The Hall–Kier alpha value is -1.26. The van der Waals surface area contributed by atoms with E-state index in [1.807, 2.05) is 13.8 Å². The van der Waals surface area contributed by atoms with Crippen LogP contribution >= 0.6 is 0 Å². The number of carbonyl (C=O) groups is 2. The Kier molecular flexibility index (Phi) is 5.67. The van der Waals surface area contributed by atoms with Gasteiger partial charge in [0.1, 0.15) is 0 Å². The van der Waals surface area contributed by atoms with Crippen LogP contribution in [0.5, 0.6) is 0 Å². The Morgan fingerprint density at radius 3 is 2.36 bits per heavy atom. The van der Waals surface area contributed by atoms with Crippen LogP contribution in [-0.4, -0.2) is 23.7 Å². The SMILES string of the molecule is CC(C)[C@H](CCCNC(N)=O)C(=O)O. The van der Waals surface area contributed by atoms with Gasteiger partial charge in [0.15, 0.2) is 0 Å². The molecule has 0 rings (SSSR count). The van der Waals surface area contributed by atoms with Crippen LogP contribution in [0.2, 0.25) is 0 Å². The molecule has 0 aromatic heterocycles. The molecule has 0 aliphatic heterocycles. The number of amides is 2. The van der Waals surface area contributed by atoms with Crippen LogP contribution in [0.4, 0.5) is 4.79 Å². The van der Waals surface area contributed by atoms with Gasteiger partial charge in [-0.15, -0.1) is 0 Å². The molecule has 0 aromatic carbocycles. The third-order valence-corrected chi connectivity index (χ3v) is 2.11. The van der Waals surface area contributed by atoms with E-state index in [0.29, 0.717) is 19.4 Å². The molecule has 0 aliphatic carbocycles. The van der Waals surface area contributed by atoms with Crippen LogP contribution in [0.15, 0.2) is 0 Å². The van der Waals surface area contributed by atoms with Crippen LogP contribution in [0, 0.1) is 11.8 Å². The molecule has 14 heavy (non-hydrogen) atoms. The van der Waals surface area contributed by atoms with Gasteiger partial charge in [-0.2, -0.15) is 0 Å². The number of aliphatic carboxylic acids is 1. The topological polar surface area (TPSA) is 92.4 Å². The lowest BCUT2D eigenvalue weighted by atomic mass is 9.91. The zero-order chi connectivity index (χ0) is 11.1. The molecule has 0 fully saturated rings. The van der Waals surface area contributed by atoms with Crippen molar-refractivity contribution in [1.82, 2.24) is 5.32 Å². The van der Waals surface area contributed by atoms with Gasteiger partial charge in [0.05, 0.1) is 5.92 Å². The van der Waals surface area contributed by atoms with Crippen LogP contribution in [0.25, 0.3) is 0 Å². The summed E-state index contributed by atoms with van der Waals surface area (Å²) in [6, 6.07) is -0.568. The fourth-order valence-electron chi connectivity index (χ4n) is 1.28. The number of nitrogens with one attached hydrogen (secondary N) is 1. The third-order valence-electron chi connectivity index (χ3n) is 2.11. The van der Waals surface area contributed by atoms with Crippen molar-refractivity contribution in [1.29, 1.82) is 0 Å². The van der Waals surface area contributed by atoms with Gasteiger partial charge in [-0.1, -0.05) is 13.8 Å². The second-order valence-electron chi connectivity index (χ2n) is 3.62. The van der Waals surface area contributed by atoms with Gasteiger partial charge in [0.25, 0.3) is 0 Å². The molecule has 0 radical (unpaired) electrons. The van der Waals surface area contributed by atoms with Gasteiger partial charge in [-0.3, -0.25) is 4.79 Å². The molecule has 5 heteroatoms. The monoisotopic (exact) mass is 202 g/mol. The minimum atomic E-state index is -0.779. The molecule has 82 valence electrons. The molecule has 0 aliphatic rings. The summed E-state index contributed by atoms with van der Waals surface area (Å²) in [6.45, 7) is 4.19. The number of hydrogen-bond acceptors (Lipinski definition) is 2. The minimum absolute atomic E-state index is 0.112.